The number of carbonyl (C=O) groups is 1. The van der Waals surface area contributed by atoms with Gasteiger partial charge in [-0.3, -0.25) is 9.80 Å². The number of hydrogen-bond acceptors (Lipinski definition) is 5. The number of nitrogens with two attached hydrogens (primary N) is 1. The van der Waals surface area contributed by atoms with Crippen LogP contribution in [0.25, 0.3) is 0 Å². The summed E-state index contributed by atoms with van der Waals surface area (Å²) in [6.45, 7) is 0.714. The Morgan fingerprint density at radius 2 is 2.57 bits per heavy atom. The largest absolute Gasteiger partial charge is 0.383 e. The highest BCUT2D eigenvalue weighted by Crippen LogP contribution is 2.02. The fraction of sp³-hybridized carbons (Fsp3) is 0.500. The van der Waals surface area contributed by atoms with E-state index in [4.69, 9.17) is 10.6 Å². The number of nitrogens with zero attached hydrogens (tertiary/aromatic N) is 4. The molecule has 1 aromatic heterocycles. The molecule has 0 spiro atoms. The van der Waals surface area contributed by atoms with Crippen molar-refractivity contribution in [3.63, 3.8) is 0 Å². The van der Waals surface area contributed by atoms with Crippen LogP contribution in [-0.4, -0.2) is 45.9 Å². The summed E-state index contributed by atoms with van der Waals surface area (Å²) >= 11 is 0. The molecule has 0 aliphatic rings. The van der Waals surface area contributed by atoms with E-state index in [0.717, 1.165) is 5.01 Å². The van der Waals surface area contributed by atoms with E-state index in [1.807, 2.05) is 0 Å². The maximum Gasteiger partial charge on any atom is 0.288 e. The molecule has 0 aliphatic heterocycles. The Kier molecular flexibility index (Phi) is 3.94. The van der Waals surface area contributed by atoms with Gasteiger partial charge in [-0.1, -0.05) is 5.21 Å². The second-order valence-corrected chi connectivity index (χ2v) is 3.04. The predicted molar refractivity (Wildman–Crippen MR) is 52.2 cm³/mol. The minimum atomic E-state index is -0.345. The van der Waals surface area contributed by atoms with E-state index in [1.165, 1.54) is 10.6 Å². The van der Waals surface area contributed by atoms with Crippen LogP contribution in [0.3, 0.4) is 0 Å². The van der Waals surface area contributed by atoms with Crippen molar-refractivity contribution in [1.82, 2.24) is 19.8 Å². The van der Waals surface area contributed by atoms with Gasteiger partial charge < -0.3 is 4.74 Å². The first kappa shape index (κ1) is 11.0. The normalized spacial score (nSPS) is 10.2. The smallest absolute Gasteiger partial charge is 0.288 e. The highest BCUT2D eigenvalue weighted by atomic mass is 31.0. The summed E-state index contributed by atoms with van der Waals surface area (Å²) in [5.74, 6) is 5.14. The highest BCUT2D eigenvalue weighted by Gasteiger charge is 2.15. The molecule has 1 heterocycles. The van der Waals surface area contributed by atoms with E-state index in [9.17, 15) is 4.79 Å². The zero-order valence-corrected chi connectivity index (χ0v) is 8.91. The van der Waals surface area contributed by atoms with Gasteiger partial charge in [-0.05, 0) is 9.39 Å². The number of hydrazine groups is 1. The van der Waals surface area contributed by atoms with Gasteiger partial charge in [-0.15, -0.1) is 5.10 Å². The Morgan fingerprint density at radius 1 is 1.86 bits per heavy atom. The third-order valence-electron chi connectivity index (χ3n) is 1.59. The van der Waals surface area contributed by atoms with Gasteiger partial charge in [0.1, 0.15) is 0 Å². The van der Waals surface area contributed by atoms with Crippen molar-refractivity contribution in [1.29, 1.82) is 0 Å². The van der Waals surface area contributed by atoms with Gasteiger partial charge in [0.25, 0.3) is 5.91 Å². The molecule has 1 atom stereocenters. The maximum absolute atomic E-state index is 11.6. The molecule has 0 radical (unpaired) electrons. The number of hydrogen-bond donors (Lipinski definition) is 1. The molecular formula is C6H12N5O2P. The Labute approximate surface area is 83.4 Å². The zero-order valence-electron chi connectivity index (χ0n) is 7.75. The maximum atomic E-state index is 11.6. The molecule has 0 aliphatic carbocycles. The van der Waals surface area contributed by atoms with Crippen molar-refractivity contribution in [2.45, 2.75) is 0 Å². The van der Waals surface area contributed by atoms with Gasteiger partial charge in [0.05, 0.1) is 19.3 Å². The lowest BCUT2D eigenvalue weighted by molar-refractivity contribution is 0.0688. The van der Waals surface area contributed by atoms with Crippen LogP contribution >= 0.6 is 9.39 Å². The Hall–Kier alpha value is -1.04. The van der Waals surface area contributed by atoms with Crippen LogP contribution in [0.4, 0.5) is 0 Å². The van der Waals surface area contributed by atoms with Crippen LogP contribution < -0.4 is 5.84 Å². The van der Waals surface area contributed by atoms with Crippen molar-refractivity contribution >= 4 is 15.3 Å². The molecule has 0 saturated heterocycles. The second kappa shape index (κ2) is 4.99. The van der Waals surface area contributed by atoms with Crippen LogP contribution in [0, 0.1) is 0 Å². The van der Waals surface area contributed by atoms with Crippen LogP contribution in [-0.2, 0) is 4.74 Å². The van der Waals surface area contributed by atoms with Crippen molar-refractivity contribution in [3.8, 4) is 0 Å². The summed E-state index contributed by atoms with van der Waals surface area (Å²) in [6.07, 6.45) is 1.35. The van der Waals surface area contributed by atoms with Gasteiger partial charge in [-0.2, -0.15) is 0 Å². The molecule has 0 bridgehead atoms. The van der Waals surface area contributed by atoms with Gasteiger partial charge in [0.15, 0.2) is 5.69 Å². The van der Waals surface area contributed by atoms with E-state index in [-0.39, 0.29) is 5.91 Å². The molecule has 1 amide bonds. The molecule has 8 heteroatoms. The lowest BCUT2D eigenvalue weighted by Crippen LogP contribution is -2.40. The molecule has 7 nitrogen and oxygen atoms in total. The molecule has 0 aromatic carbocycles. The Morgan fingerprint density at radius 3 is 3.07 bits per heavy atom. The average Bonchev–Trinajstić information content (AvgIpc) is 2.59. The topological polar surface area (TPSA) is 86.3 Å². The zero-order chi connectivity index (χ0) is 10.6. The van der Waals surface area contributed by atoms with Crippen molar-refractivity contribution in [2.24, 2.45) is 5.84 Å². The number of rotatable bonds is 4. The van der Waals surface area contributed by atoms with E-state index in [2.05, 4.69) is 19.7 Å². The molecule has 14 heavy (non-hydrogen) atoms. The fourth-order valence-electron chi connectivity index (χ4n) is 0.835. The number of amides is 1. The molecule has 1 rings (SSSR count). The molecule has 0 fully saturated rings. The summed E-state index contributed by atoms with van der Waals surface area (Å²) in [5, 5.41) is 8.22. The molecule has 1 unspecified atom stereocenters. The van der Waals surface area contributed by atoms with E-state index >= 15 is 0 Å². The third kappa shape index (κ3) is 2.47. The average molecular weight is 217 g/mol. The number of aromatic nitrogens is 3. The van der Waals surface area contributed by atoms with Crippen molar-refractivity contribution < 1.29 is 9.53 Å². The monoisotopic (exact) mass is 217 g/mol. The first-order chi connectivity index (χ1) is 6.66. The van der Waals surface area contributed by atoms with Crippen LogP contribution in [0.2, 0.25) is 0 Å². The van der Waals surface area contributed by atoms with Crippen LogP contribution in [0.1, 0.15) is 10.5 Å². The Bertz CT molecular complexity index is 315. The van der Waals surface area contributed by atoms with Gasteiger partial charge in [0.2, 0.25) is 0 Å². The first-order valence-electron chi connectivity index (χ1n) is 3.88. The lowest BCUT2D eigenvalue weighted by Gasteiger charge is -2.14. The third-order valence-corrected chi connectivity index (χ3v) is 1.97. The molecular weight excluding hydrogens is 205 g/mol. The lowest BCUT2D eigenvalue weighted by atomic mass is 10.4. The Balaban J connectivity index is 2.61. The number of carbonyl (C=O) groups excluding carboxylic acids is 1. The minimum absolute atomic E-state index is 0.314. The second-order valence-electron chi connectivity index (χ2n) is 2.56. The molecule has 1 aromatic rings. The quantitative estimate of drug-likeness (QED) is 0.299. The van der Waals surface area contributed by atoms with Crippen LogP contribution in [0.15, 0.2) is 6.20 Å². The van der Waals surface area contributed by atoms with Crippen molar-refractivity contribution in [3.05, 3.63) is 11.9 Å². The van der Waals surface area contributed by atoms with Crippen molar-refractivity contribution in [2.75, 3.05) is 20.3 Å². The summed E-state index contributed by atoms with van der Waals surface area (Å²) in [6, 6.07) is 0. The summed E-state index contributed by atoms with van der Waals surface area (Å²) < 4.78 is 6.08. The molecule has 2 N–H and O–H groups in total. The van der Waals surface area contributed by atoms with E-state index in [0.29, 0.717) is 18.8 Å². The van der Waals surface area contributed by atoms with Gasteiger partial charge in [0, 0.05) is 7.11 Å². The van der Waals surface area contributed by atoms with Gasteiger partial charge >= 0.3 is 0 Å². The van der Waals surface area contributed by atoms with E-state index in [1.54, 1.807) is 7.11 Å². The highest BCUT2D eigenvalue weighted by molar-refractivity contribution is 7.14. The molecule has 78 valence electrons. The molecule has 0 saturated carbocycles. The summed E-state index contributed by atoms with van der Waals surface area (Å²) in [4.78, 5) is 11.6. The summed E-state index contributed by atoms with van der Waals surface area (Å²) in [7, 11) is 3.79. The van der Waals surface area contributed by atoms with Gasteiger partial charge in [-0.25, -0.2) is 10.3 Å². The minimum Gasteiger partial charge on any atom is -0.383 e. The predicted octanol–water partition coefficient (Wildman–Crippen LogP) is -1.12. The first-order valence-corrected chi connectivity index (χ1v) is 4.39. The van der Waals surface area contributed by atoms with Crippen LogP contribution in [0.5, 0.6) is 0 Å². The number of methoxy groups -OCH3 is 1. The fourth-order valence-corrected chi connectivity index (χ4v) is 1.07. The number of ether oxygens (including phenoxy) is 1. The standard InChI is InChI=1S/C6H12N5O2P/c1-13-3-2-10(7)6(12)5-4-8-9-11(5)14/h4H,2-3,7,14H2,1H3. The van der Waals surface area contributed by atoms with E-state index < -0.39 is 0 Å². The summed E-state index contributed by atoms with van der Waals surface area (Å²) in [5.41, 5.74) is 0.314. The SMILES string of the molecule is COCCN(N)C(=O)c1cnnn1P.